The summed E-state index contributed by atoms with van der Waals surface area (Å²) < 4.78 is 5.64. The van der Waals surface area contributed by atoms with Crippen molar-refractivity contribution < 1.29 is 9.53 Å². The van der Waals surface area contributed by atoms with Gasteiger partial charge in [-0.25, -0.2) is 0 Å². The molecule has 2 aliphatic rings. The SMILES string of the molecule is CC1(C)CC(=O)C2=C(C1)OC(N)=C(C#N)[C@@H]2c1cc(Cl)ccc1Cl. The molecular weight excluding hydrogens is 347 g/mol. The molecule has 24 heavy (non-hydrogen) atoms. The molecule has 1 aromatic rings. The van der Waals surface area contributed by atoms with Gasteiger partial charge in [-0.3, -0.25) is 4.79 Å². The molecule has 0 spiro atoms. The highest BCUT2D eigenvalue weighted by Crippen LogP contribution is 2.49. The summed E-state index contributed by atoms with van der Waals surface area (Å²) in [7, 11) is 0. The molecule has 1 aliphatic heterocycles. The molecule has 2 N–H and O–H groups in total. The maximum atomic E-state index is 12.8. The number of nitrogens with two attached hydrogens (primary N) is 1. The van der Waals surface area contributed by atoms with E-state index in [0.717, 1.165) is 0 Å². The zero-order valence-corrected chi connectivity index (χ0v) is 14.8. The first-order valence-corrected chi connectivity index (χ1v) is 8.28. The Hall–Kier alpha value is -1.96. The molecule has 1 aromatic carbocycles. The molecule has 1 atom stereocenters. The third kappa shape index (κ3) is 2.79. The topological polar surface area (TPSA) is 76.1 Å². The highest BCUT2D eigenvalue weighted by Gasteiger charge is 2.43. The fraction of sp³-hybridized carbons (Fsp3) is 0.333. The highest BCUT2D eigenvalue weighted by molar-refractivity contribution is 6.33. The van der Waals surface area contributed by atoms with E-state index in [9.17, 15) is 10.1 Å². The summed E-state index contributed by atoms with van der Waals surface area (Å²) in [6.45, 7) is 4.00. The molecule has 0 unspecified atom stereocenters. The van der Waals surface area contributed by atoms with Gasteiger partial charge in [0.2, 0.25) is 5.88 Å². The minimum absolute atomic E-state index is 0.0165. The summed E-state index contributed by atoms with van der Waals surface area (Å²) in [5, 5.41) is 10.5. The second-order valence-electron chi connectivity index (χ2n) is 6.87. The second kappa shape index (κ2) is 5.84. The van der Waals surface area contributed by atoms with Crippen molar-refractivity contribution in [2.75, 3.05) is 0 Å². The zero-order valence-electron chi connectivity index (χ0n) is 13.3. The number of rotatable bonds is 1. The van der Waals surface area contributed by atoms with E-state index in [1.54, 1.807) is 18.2 Å². The number of Topliss-reactive ketones (excluding diaryl/α,β-unsaturated/α-hetero) is 1. The van der Waals surface area contributed by atoms with Gasteiger partial charge in [-0.2, -0.15) is 5.26 Å². The van der Waals surface area contributed by atoms with Gasteiger partial charge in [-0.1, -0.05) is 37.0 Å². The van der Waals surface area contributed by atoms with E-state index in [1.807, 2.05) is 13.8 Å². The normalized spacial score (nSPS) is 22.8. The van der Waals surface area contributed by atoms with Crippen molar-refractivity contribution in [2.24, 2.45) is 11.1 Å². The third-order valence-electron chi connectivity index (χ3n) is 4.34. The lowest BCUT2D eigenvalue weighted by Gasteiger charge is -2.37. The van der Waals surface area contributed by atoms with E-state index in [2.05, 4.69) is 6.07 Å². The largest absolute Gasteiger partial charge is 0.444 e. The van der Waals surface area contributed by atoms with Crippen molar-refractivity contribution in [3.8, 4) is 6.07 Å². The van der Waals surface area contributed by atoms with E-state index >= 15 is 0 Å². The minimum Gasteiger partial charge on any atom is -0.444 e. The Balaban J connectivity index is 2.24. The van der Waals surface area contributed by atoms with E-state index in [4.69, 9.17) is 33.7 Å². The van der Waals surface area contributed by atoms with Crippen LogP contribution in [0.1, 0.15) is 38.2 Å². The number of ether oxygens (including phenoxy) is 1. The van der Waals surface area contributed by atoms with Crippen LogP contribution in [-0.4, -0.2) is 5.78 Å². The highest BCUT2D eigenvalue weighted by atomic mass is 35.5. The summed E-state index contributed by atoms with van der Waals surface area (Å²) >= 11 is 12.4. The average Bonchev–Trinajstić information content (AvgIpc) is 2.47. The third-order valence-corrected chi connectivity index (χ3v) is 4.92. The van der Waals surface area contributed by atoms with Crippen LogP contribution in [-0.2, 0) is 9.53 Å². The Kier molecular flexibility index (Phi) is 4.11. The molecule has 3 rings (SSSR count). The number of nitrogens with zero attached hydrogens (tertiary/aromatic N) is 1. The van der Waals surface area contributed by atoms with Crippen LogP contribution >= 0.6 is 23.2 Å². The predicted molar refractivity (Wildman–Crippen MR) is 92.2 cm³/mol. The number of ketones is 1. The molecule has 4 nitrogen and oxygen atoms in total. The van der Waals surface area contributed by atoms with Gasteiger partial charge >= 0.3 is 0 Å². The maximum Gasteiger partial charge on any atom is 0.205 e. The molecule has 0 saturated heterocycles. The Morgan fingerprint density at radius 1 is 1.33 bits per heavy atom. The number of nitriles is 1. The molecule has 1 aliphatic carbocycles. The van der Waals surface area contributed by atoms with Crippen LogP contribution in [0.2, 0.25) is 10.0 Å². The summed E-state index contributed by atoms with van der Waals surface area (Å²) in [5.74, 6) is -0.160. The number of benzene rings is 1. The minimum atomic E-state index is -0.645. The van der Waals surface area contributed by atoms with E-state index < -0.39 is 5.92 Å². The van der Waals surface area contributed by atoms with E-state index in [1.165, 1.54) is 0 Å². The summed E-state index contributed by atoms with van der Waals surface area (Å²) in [6.07, 6.45) is 0.949. The lowest BCUT2D eigenvalue weighted by molar-refractivity contribution is -0.119. The first kappa shape index (κ1) is 16.9. The molecule has 0 saturated carbocycles. The number of carbonyl (C=O) groups is 1. The summed E-state index contributed by atoms with van der Waals surface area (Å²) in [4.78, 5) is 12.8. The molecule has 0 bridgehead atoms. The molecular formula is C18H16Cl2N2O2. The quantitative estimate of drug-likeness (QED) is 0.800. The monoisotopic (exact) mass is 362 g/mol. The van der Waals surface area contributed by atoms with Crippen LogP contribution in [0.25, 0.3) is 0 Å². The Morgan fingerprint density at radius 3 is 2.71 bits per heavy atom. The number of halogens is 2. The van der Waals surface area contributed by atoms with Crippen molar-refractivity contribution in [1.82, 2.24) is 0 Å². The Morgan fingerprint density at radius 2 is 2.04 bits per heavy atom. The van der Waals surface area contributed by atoms with Gasteiger partial charge in [0, 0.05) is 28.5 Å². The van der Waals surface area contributed by atoms with Gasteiger partial charge in [0.05, 0.1) is 5.92 Å². The fourth-order valence-electron chi connectivity index (χ4n) is 3.33. The smallest absolute Gasteiger partial charge is 0.205 e. The van der Waals surface area contributed by atoms with Gasteiger partial charge < -0.3 is 10.5 Å². The van der Waals surface area contributed by atoms with Gasteiger partial charge in [0.15, 0.2) is 5.78 Å². The van der Waals surface area contributed by atoms with Crippen molar-refractivity contribution >= 4 is 29.0 Å². The van der Waals surface area contributed by atoms with Crippen molar-refractivity contribution in [3.63, 3.8) is 0 Å². The lowest BCUT2D eigenvalue weighted by atomic mass is 9.70. The predicted octanol–water partition coefficient (Wildman–Crippen LogP) is 4.44. The van der Waals surface area contributed by atoms with Crippen LogP contribution < -0.4 is 5.73 Å². The van der Waals surface area contributed by atoms with Crippen LogP contribution in [0.3, 0.4) is 0 Å². The number of carbonyl (C=O) groups excluding carboxylic acids is 1. The van der Waals surface area contributed by atoms with Crippen molar-refractivity contribution in [2.45, 2.75) is 32.6 Å². The van der Waals surface area contributed by atoms with Gasteiger partial charge in [-0.05, 0) is 29.2 Å². The van der Waals surface area contributed by atoms with E-state index in [-0.39, 0.29) is 22.7 Å². The van der Waals surface area contributed by atoms with Gasteiger partial charge in [0.1, 0.15) is 17.4 Å². The van der Waals surface area contributed by atoms with E-state index in [0.29, 0.717) is 39.8 Å². The zero-order chi connectivity index (χ0) is 17.6. The van der Waals surface area contributed by atoms with Crippen LogP contribution in [0.4, 0.5) is 0 Å². The molecule has 6 heteroatoms. The van der Waals surface area contributed by atoms with Crippen molar-refractivity contribution in [1.29, 1.82) is 5.26 Å². The number of allylic oxidation sites excluding steroid dienone is 3. The molecule has 0 amide bonds. The fourth-order valence-corrected chi connectivity index (χ4v) is 3.74. The van der Waals surface area contributed by atoms with Crippen LogP contribution in [0, 0.1) is 16.7 Å². The Labute approximate surface area is 150 Å². The van der Waals surface area contributed by atoms with Crippen LogP contribution in [0.15, 0.2) is 41.0 Å². The van der Waals surface area contributed by atoms with Crippen molar-refractivity contribution in [3.05, 3.63) is 56.6 Å². The van der Waals surface area contributed by atoms with Crippen LogP contribution in [0.5, 0.6) is 0 Å². The first-order chi connectivity index (χ1) is 11.2. The number of hydrogen-bond donors (Lipinski definition) is 1. The molecule has 0 fully saturated rings. The lowest BCUT2D eigenvalue weighted by Crippen LogP contribution is -2.33. The van der Waals surface area contributed by atoms with Gasteiger partial charge in [0.25, 0.3) is 0 Å². The molecule has 1 heterocycles. The molecule has 0 radical (unpaired) electrons. The second-order valence-corrected chi connectivity index (χ2v) is 7.71. The first-order valence-electron chi connectivity index (χ1n) is 7.52. The maximum absolute atomic E-state index is 12.8. The summed E-state index contributed by atoms with van der Waals surface area (Å²) in [6, 6.07) is 7.04. The summed E-state index contributed by atoms with van der Waals surface area (Å²) in [5.41, 5.74) is 6.98. The van der Waals surface area contributed by atoms with Gasteiger partial charge in [-0.15, -0.1) is 0 Å². The standard InChI is InChI=1S/C18H16Cl2N2O2/c1-18(2)6-13(23)16-14(7-18)24-17(22)11(8-21)15(16)10-5-9(19)3-4-12(10)20/h3-5,15H,6-7,22H2,1-2H3/t15-/m0/s1. The molecule has 0 aromatic heterocycles. The number of hydrogen-bond acceptors (Lipinski definition) is 4. The Bertz CT molecular complexity index is 847. The average molecular weight is 363 g/mol. The molecule has 124 valence electrons.